The van der Waals surface area contributed by atoms with Gasteiger partial charge >= 0.3 is 0 Å². The number of hydrogen-bond acceptors (Lipinski definition) is 2. The van der Waals surface area contributed by atoms with E-state index in [2.05, 4.69) is 5.10 Å². The van der Waals surface area contributed by atoms with E-state index >= 15 is 0 Å². The predicted molar refractivity (Wildman–Crippen MR) is 61.6 cm³/mol. The summed E-state index contributed by atoms with van der Waals surface area (Å²) < 4.78 is 1.57. The second-order valence-electron chi connectivity index (χ2n) is 3.78. The number of nitrogens with two attached hydrogens (primary N) is 1. The molecule has 0 spiro atoms. The summed E-state index contributed by atoms with van der Waals surface area (Å²) in [5.74, 6) is -0.474. The van der Waals surface area contributed by atoms with Crippen LogP contribution in [0.4, 0.5) is 0 Å². The van der Waals surface area contributed by atoms with Gasteiger partial charge in [0, 0.05) is 0 Å². The molecule has 0 bridgehead atoms. The molecule has 0 aliphatic rings. The van der Waals surface area contributed by atoms with Gasteiger partial charge in [0.15, 0.2) is 0 Å². The maximum atomic E-state index is 11.2. The minimum absolute atomic E-state index is 0.397. The number of nitrogens with zero attached hydrogens (tertiary/aromatic N) is 2. The van der Waals surface area contributed by atoms with Crippen molar-refractivity contribution in [1.29, 1.82) is 0 Å². The summed E-state index contributed by atoms with van der Waals surface area (Å²) in [5.41, 5.74) is 8.74. The molecular weight excluding hydrogens is 202 g/mol. The first-order valence-electron chi connectivity index (χ1n) is 5.01. The van der Waals surface area contributed by atoms with E-state index < -0.39 is 5.91 Å². The Morgan fingerprint density at radius 2 is 2.06 bits per heavy atom. The van der Waals surface area contributed by atoms with Crippen molar-refractivity contribution in [3.8, 4) is 5.69 Å². The van der Waals surface area contributed by atoms with Crippen molar-refractivity contribution in [2.75, 3.05) is 0 Å². The standard InChI is InChI=1S/C12H13N3O/c1-8-3-4-9(2)11(7-8)15-10(12(13)16)5-6-14-15/h3-7H,1-2H3,(H2,13,16). The van der Waals surface area contributed by atoms with Gasteiger partial charge in [-0.2, -0.15) is 5.10 Å². The summed E-state index contributed by atoms with van der Waals surface area (Å²) in [6.45, 7) is 3.97. The van der Waals surface area contributed by atoms with Gasteiger partial charge in [-0.15, -0.1) is 0 Å². The summed E-state index contributed by atoms with van der Waals surface area (Å²) in [6.07, 6.45) is 1.57. The van der Waals surface area contributed by atoms with Crippen molar-refractivity contribution in [2.24, 2.45) is 5.73 Å². The van der Waals surface area contributed by atoms with E-state index in [4.69, 9.17) is 5.73 Å². The Kier molecular flexibility index (Phi) is 2.48. The molecule has 1 heterocycles. The van der Waals surface area contributed by atoms with E-state index in [0.717, 1.165) is 16.8 Å². The van der Waals surface area contributed by atoms with Crippen LogP contribution in [-0.2, 0) is 0 Å². The second-order valence-corrected chi connectivity index (χ2v) is 3.78. The molecule has 2 rings (SSSR count). The number of amides is 1. The van der Waals surface area contributed by atoms with E-state index in [1.807, 2.05) is 32.0 Å². The van der Waals surface area contributed by atoms with Gasteiger partial charge in [-0.25, -0.2) is 4.68 Å². The molecule has 0 aliphatic carbocycles. The fourth-order valence-electron chi connectivity index (χ4n) is 1.63. The second kappa shape index (κ2) is 3.81. The van der Waals surface area contributed by atoms with Crippen molar-refractivity contribution in [3.63, 3.8) is 0 Å². The van der Waals surface area contributed by atoms with Crippen LogP contribution in [0.1, 0.15) is 21.6 Å². The molecule has 0 aliphatic heterocycles. The molecule has 0 radical (unpaired) electrons. The van der Waals surface area contributed by atoms with Gasteiger partial charge in [0.25, 0.3) is 5.91 Å². The summed E-state index contributed by atoms with van der Waals surface area (Å²) in [6, 6.07) is 7.61. The van der Waals surface area contributed by atoms with Crippen LogP contribution in [0.25, 0.3) is 5.69 Å². The summed E-state index contributed by atoms with van der Waals surface area (Å²) in [5, 5.41) is 4.13. The fraction of sp³-hybridized carbons (Fsp3) is 0.167. The molecule has 1 aromatic carbocycles. The van der Waals surface area contributed by atoms with Crippen molar-refractivity contribution < 1.29 is 4.79 Å². The van der Waals surface area contributed by atoms with Crippen LogP contribution in [0.2, 0.25) is 0 Å². The van der Waals surface area contributed by atoms with Crippen LogP contribution in [0.5, 0.6) is 0 Å². The third kappa shape index (κ3) is 1.69. The zero-order valence-corrected chi connectivity index (χ0v) is 9.27. The van der Waals surface area contributed by atoms with E-state index in [-0.39, 0.29) is 0 Å². The molecule has 16 heavy (non-hydrogen) atoms. The van der Waals surface area contributed by atoms with E-state index in [1.165, 1.54) is 0 Å². The van der Waals surface area contributed by atoms with Crippen molar-refractivity contribution in [3.05, 3.63) is 47.3 Å². The Hall–Kier alpha value is -2.10. The van der Waals surface area contributed by atoms with Crippen LogP contribution in [0.15, 0.2) is 30.5 Å². The van der Waals surface area contributed by atoms with E-state index in [1.54, 1.807) is 16.9 Å². The monoisotopic (exact) mass is 215 g/mol. The number of primary amides is 1. The van der Waals surface area contributed by atoms with Crippen LogP contribution in [0, 0.1) is 13.8 Å². The summed E-state index contributed by atoms with van der Waals surface area (Å²) >= 11 is 0. The molecule has 4 heteroatoms. The SMILES string of the molecule is Cc1ccc(C)c(-n2nccc2C(N)=O)c1. The Morgan fingerprint density at radius 1 is 1.31 bits per heavy atom. The molecule has 2 N–H and O–H groups in total. The molecule has 4 nitrogen and oxygen atoms in total. The van der Waals surface area contributed by atoms with Crippen LogP contribution >= 0.6 is 0 Å². The molecule has 1 aromatic heterocycles. The first-order valence-corrected chi connectivity index (χ1v) is 5.01. The average molecular weight is 215 g/mol. The molecular formula is C12H13N3O. The van der Waals surface area contributed by atoms with E-state index in [9.17, 15) is 4.79 Å². The minimum atomic E-state index is -0.474. The number of aromatic nitrogens is 2. The highest BCUT2D eigenvalue weighted by molar-refractivity contribution is 5.91. The zero-order valence-electron chi connectivity index (χ0n) is 9.27. The highest BCUT2D eigenvalue weighted by atomic mass is 16.1. The lowest BCUT2D eigenvalue weighted by atomic mass is 10.1. The number of aryl methyl sites for hydroxylation is 2. The van der Waals surface area contributed by atoms with Gasteiger partial charge in [0.1, 0.15) is 5.69 Å². The first kappa shape index (κ1) is 10.4. The number of carbonyl (C=O) groups is 1. The Morgan fingerprint density at radius 3 is 2.75 bits per heavy atom. The molecule has 2 aromatic rings. The van der Waals surface area contributed by atoms with Crippen molar-refractivity contribution >= 4 is 5.91 Å². The number of carbonyl (C=O) groups excluding carboxylic acids is 1. The predicted octanol–water partition coefficient (Wildman–Crippen LogP) is 1.59. The Balaban J connectivity index is 2.62. The molecule has 0 atom stereocenters. The van der Waals surface area contributed by atoms with Crippen LogP contribution < -0.4 is 5.73 Å². The molecule has 82 valence electrons. The third-order valence-electron chi connectivity index (χ3n) is 2.49. The summed E-state index contributed by atoms with van der Waals surface area (Å²) in [7, 11) is 0. The average Bonchev–Trinajstić information content (AvgIpc) is 2.70. The Labute approximate surface area is 93.7 Å². The number of benzene rings is 1. The van der Waals surface area contributed by atoms with Gasteiger partial charge in [-0.3, -0.25) is 4.79 Å². The zero-order chi connectivity index (χ0) is 11.7. The molecule has 0 unspecified atom stereocenters. The first-order chi connectivity index (χ1) is 7.59. The molecule has 0 saturated carbocycles. The third-order valence-corrected chi connectivity index (χ3v) is 2.49. The van der Waals surface area contributed by atoms with Crippen LogP contribution in [-0.4, -0.2) is 15.7 Å². The van der Waals surface area contributed by atoms with Gasteiger partial charge in [-0.05, 0) is 37.1 Å². The van der Waals surface area contributed by atoms with Gasteiger partial charge in [-0.1, -0.05) is 12.1 Å². The van der Waals surface area contributed by atoms with Crippen molar-refractivity contribution in [1.82, 2.24) is 9.78 Å². The van der Waals surface area contributed by atoms with Gasteiger partial charge in [0.2, 0.25) is 0 Å². The van der Waals surface area contributed by atoms with Gasteiger partial charge in [0.05, 0.1) is 11.9 Å². The topological polar surface area (TPSA) is 60.9 Å². The molecule has 0 fully saturated rings. The maximum Gasteiger partial charge on any atom is 0.267 e. The minimum Gasteiger partial charge on any atom is -0.364 e. The smallest absolute Gasteiger partial charge is 0.267 e. The normalized spacial score (nSPS) is 10.4. The molecule has 1 amide bonds. The highest BCUT2D eigenvalue weighted by Gasteiger charge is 2.11. The fourth-order valence-corrected chi connectivity index (χ4v) is 1.63. The van der Waals surface area contributed by atoms with E-state index in [0.29, 0.717) is 5.69 Å². The lowest BCUT2D eigenvalue weighted by Gasteiger charge is -2.09. The van der Waals surface area contributed by atoms with Gasteiger partial charge < -0.3 is 5.73 Å². The highest BCUT2D eigenvalue weighted by Crippen LogP contribution is 2.16. The largest absolute Gasteiger partial charge is 0.364 e. The lowest BCUT2D eigenvalue weighted by molar-refractivity contribution is 0.0993. The quantitative estimate of drug-likeness (QED) is 0.826. The maximum absolute atomic E-state index is 11.2. The Bertz CT molecular complexity index is 543. The summed E-state index contributed by atoms with van der Waals surface area (Å²) in [4.78, 5) is 11.2. The lowest BCUT2D eigenvalue weighted by Crippen LogP contribution is -2.17. The van der Waals surface area contributed by atoms with Crippen LogP contribution in [0.3, 0.4) is 0 Å². The molecule has 0 saturated heterocycles. The number of rotatable bonds is 2. The van der Waals surface area contributed by atoms with Crippen molar-refractivity contribution in [2.45, 2.75) is 13.8 Å². The number of hydrogen-bond donors (Lipinski definition) is 1.